The Morgan fingerprint density at radius 2 is 1.17 bits per heavy atom. The molecule has 24 heavy (non-hydrogen) atoms. The van der Waals surface area contributed by atoms with Gasteiger partial charge in [0.15, 0.2) is 6.26 Å². The van der Waals surface area contributed by atoms with E-state index in [1.165, 1.54) is 0 Å². The molecular weight excluding hydrogens is 337 g/mol. The van der Waals surface area contributed by atoms with Crippen molar-refractivity contribution in [2.24, 2.45) is 0 Å². The summed E-state index contributed by atoms with van der Waals surface area (Å²) in [5.74, 6) is -0.309. The third-order valence-corrected chi connectivity index (χ3v) is 7.29. The van der Waals surface area contributed by atoms with E-state index in [4.69, 9.17) is 16.4 Å². The van der Waals surface area contributed by atoms with E-state index in [0.29, 0.717) is 5.56 Å². The summed E-state index contributed by atoms with van der Waals surface area (Å²) in [4.78, 5) is 12.3. The number of hydrogen-bond acceptors (Lipinski definition) is 3. The number of amides is 1. The molecule has 1 N–H and O–H groups in total. The van der Waals surface area contributed by atoms with Crippen LogP contribution < -0.4 is 16.1 Å². The van der Waals surface area contributed by atoms with Gasteiger partial charge < -0.3 is 0 Å². The average Bonchev–Trinajstić information content (AvgIpc) is 2.68. The van der Waals surface area contributed by atoms with Gasteiger partial charge in [0, 0.05) is 16.2 Å². The maximum absolute atomic E-state index is 12.3. The highest BCUT2D eigenvalue weighted by Crippen LogP contribution is 2.43. The second kappa shape index (κ2) is 7.54. The fourth-order valence-electron chi connectivity index (χ4n) is 2.26. The highest BCUT2D eigenvalue weighted by Gasteiger charge is 2.25. The summed E-state index contributed by atoms with van der Waals surface area (Å²) in [5, 5.41) is 1.78. The molecule has 0 aliphatic carbocycles. The first kappa shape index (κ1) is 16.6. The van der Waals surface area contributed by atoms with Gasteiger partial charge in [0.1, 0.15) is 0 Å². The van der Waals surface area contributed by atoms with Crippen LogP contribution in [0.4, 0.5) is 0 Å². The van der Waals surface area contributed by atoms with Crippen molar-refractivity contribution in [2.75, 3.05) is 0 Å². The van der Waals surface area contributed by atoms with Gasteiger partial charge in [0.05, 0.1) is 0 Å². The van der Waals surface area contributed by atoms with Crippen molar-refractivity contribution in [3.8, 4) is 0 Å². The average molecular weight is 353 g/mol. The lowest BCUT2D eigenvalue weighted by Crippen LogP contribution is -2.28. The van der Waals surface area contributed by atoms with Gasteiger partial charge in [0.25, 0.3) is 5.91 Å². The Labute approximate surface area is 146 Å². The van der Waals surface area contributed by atoms with Crippen molar-refractivity contribution >= 4 is 34.6 Å². The summed E-state index contributed by atoms with van der Waals surface area (Å²) < 4.78 is 5.84. The van der Waals surface area contributed by atoms with E-state index < -0.39 is 6.26 Å². The van der Waals surface area contributed by atoms with Gasteiger partial charge in [-0.05, 0) is 12.1 Å². The predicted molar refractivity (Wildman–Crippen MR) is 101 cm³/mol. The molecule has 3 nitrogen and oxygen atoms in total. The number of carbonyl (C=O) groups is 1. The van der Waals surface area contributed by atoms with E-state index in [1.807, 2.05) is 66.7 Å². The second-order valence-electron chi connectivity index (χ2n) is 5.11. The molecule has 1 amide bonds. The number of rotatable bonds is 5. The zero-order chi connectivity index (χ0) is 16.8. The molecule has 0 radical (unpaired) electrons. The number of hydroxylamine groups is 1. The first-order chi connectivity index (χ1) is 11.7. The third-order valence-electron chi connectivity index (χ3n) is 3.50. The normalized spacial score (nSPS) is 11.0. The summed E-state index contributed by atoms with van der Waals surface area (Å²) in [5.41, 5.74) is 3.07. The molecule has 120 valence electrons. The predicted octanol–water partition coefficient (Wildman–Crippen LogP) is 3.39. The van der Waals surface area contributed by atoms with Gasteiger partial charge >= 0.3 is 0 Å². The third kappa shape index (κ3) is 3.62. The van der Waals surface area contributed by atoms with Gasteiger partial charge in [-0.25, -0.2) is 10.1 Å². The molecule has 3 aromatic rings. The molecular formula is C19H16NO2PS. The van der Waals surface area contributed by atoms with Gasteiger partial charge in [0.2, 0.25) is 0 Å². The van der Waals surface area contributed by atoms with Crippen molar-refractivity contribution in [3.63, 3.8) is 0 Å². The van der Waals surface area contributed by atoms with E-state index in [-0.39, 0.29) is 5.91 Å². The van der Waals surface area contributed by atoms with Crippen LogP contribution in [0.15, 0.2) is 91.0 Å². The Morgan fingerprint density at radius 3 is 1.62 bits per heavy atom. The lowest BCUT2D eigenvalue weighted by molar-refractivity contribution is 0.0787. The molecule has 0 bridgehead atoms. The Hall–Kier alpha value is -2.26. The number of benzene rings is 3. The minimum Gasteiger partial charge on any atom is -0.267 e. The van der Waals surface area contributed by atoms with E-state index >= 15 is 0 Å². The summed E-state index contributed by atoms with van der Waals surface area (Å²) >= 11 is 5.88. The molecule has 0 aromatic heterocycles. The van der Waals surface area contributed by atoms with Gasteiger partial charge in [-0.15, -0.1) is 0 Å². The van der Waals surface area contributed by atoms with Crippen molar-refractivity contribution in [1.82, 2.24) is 5.48 Å². The van der Waals surface area contributed by atoms with Crippen LogP contribution in [0.3, 0.4) is 0 Å². The van der Waals surface area contributed by atoms with Crippen LogP contribution in [-0.2, 0) is 16.4 Å². The molecule has 0 heterocycles. The van der Waals surface area contributed by atoms with Crippen molar-refractivity contribution in [1.29, 1.82) is 0 Å². The zero-order valence-electron chi connectivity index (χ0n) is 12.8. The van der Waals surface area contributed by atoms with Gasteiger partial charge in [-0.1, -0.05) is 90.7 Å². The first-order valence-electron chi connectivity index (χ1n) is 7.45. The molecule has 0 atom stereocenters. The van der Waals surface area contributed by atoms with Crippen LogP contribution in [0.5, 0.6) is 0 Å². The maximum atomic E-state index is 12.3. The van der Waals surface area contributed by atoms with Gasteiger partial charge in [-0.2, -0.15) is 0 Å². The lowest BCUT2D eigenvalue weighted by Gasteiger charge is -2.22. The van der Waals surface area contributed by atoms with E-state index in [1.54, 1.807) is 24.3 Å². The Kier molecular flexibility index (Phi) is 5.21. The molecule has 0 saturated carbocycles. The van der Waals surface area contributed by atoms with Crippen molar-refractivity contribution in [2.45, 2.75) is 0 Å². The molecule has 3 rings (SSSR count). The quantitative estimate of drug-likeness (QED) is 0.564. The summed E-state index contributed by atoms with van der Waals surface area (Å²) in [6.45, 7) is 0. The molecule has 0 saturated heterocycles. The van der Waals surface area contributed by atoms with E-state index in [9.17, 15) is 4.79 Å². The zero-order valence-corrected chi connectivity index (χ0v) is 14.5. The molecule has 0 unspecified atom stereocenters. The molecule has 0 aliphatic rings. The number of hydrogen-bond donors (Lipinski definition) is 1. The second-order valence-corrected chi connectivity index (χ2v) is 8.97. The highest BCUT2D eigenvalue weighted by molar-refractivity contribution is 8.19. The van der Waals surface area contributed by atoms with Crippen LogP contribution in [0.25, 0.3) is 0 Å². The Bertz CT molecular complexity index is 811. The van der Waals surface area contributed by atoms with Crippen LogP contribution in [0.1, 0.15) is 10.4 Å². The van der Waals surface area contributed by atoms with Crippen LogP contribution in [0, 0.1) is 0 Å². The largest absolute Gasteiger partial charge is 0.275 e. The smallest absolute Gasteiger partial charge is 0.267 e. The highest BCUT2D eigenvalue weighted by atomic mass is 32.4. The van der Waals surface area contributed by atoms with Crippen LogP contribution >= 0.6 is 6.26 Å². The fraction of sp³-hybridized carbons (Fsp3) is 0. The topological polar surface area (TPSA) is 38.3 Å². The summed E-state index contributed by atoms with van der Waals surface area (Å²) in [7, 11) is 0. The molecule has 5 heteroatoms. The summed E-state index contributed by atoms with van der Waals surface area (Å²) in [6.07, 6.45) is -2.60. The number of nitrogens with one attached hydrogen (secondary N) is 1. The van der Waals surface area contributed by atoms with Crippen LogP contribution in [-0.4, -0.2) is 5.91 Å². The summed E-state index contributed by atoms with van der Waals surface area (Å²) in [6, 6.07) is 28.2. The Balaban J connectivity index is 1.89. The minimum atomic E-state index is -2.60. The molecule has 0 fully saturated rings. The van der Waals surface area contributed by atoms with E-state index in [0.717, 1.165) is 10.6 Å². The lowest BCUT2D eigenvalue weighted by atomic mass is 10.2. The van der Waals surface area contributed by atoms with Crippen LogP contribution in [0.2, 0.25) is 0 Å². The fourth-order valence-corrected chi connectivity index (χ4v) is 4.95. The monoisotopic (exact) mass is 353 g/mol. The maximum Gasteiger partial charge on any atom is 0.275 e. The van der Waals surface area contributed by atoms with Crippen molar-refractivity contribution in [3.05, 3.63) is 96.6 Å². The van der Waals surface area contributed by atoms with Crippen molar-refractivity contribution < 1.29 is 9.42 Å². The first-order valence-corrected chi connectivity index (χ1v) is 10.2. The SMILES string of the molecule is O=C(NOP(=S)(c1ccccc1)c1ccccc1)c1ccccc1. The molecule has 0 spiro atoms. The van der Waals surface area contributed by atoms with E-state index in [2.05, 4.69) is 5.48 Å². The minimum absolute atomic E-state index is 0.309. The molecule has 3 aromatic carbocycles. The van der Waals surface area contributed by atoms with Gasteiger partial charge in [-0.3, -0.25) is 4.79 Å². The number of carbonyl (C=O) groups excluding carboxylic acids is 1. The molecule has 0 aliphatic heterocycles. The standard InChI is InChI=1S/C19H16NO2PS/c21-19(16-10-4-1-5-11-16)20-22-23(24,17-12-6-2-7-13-17)18-14-8-3-9-15-18/h1-15H,(H,20,21). The Morgan fingerprint density at radius 1 is 0.750 bits per heavy atom.